The maximum absolute atomic E-state index is 13.7. The van der Waals surface area contributed by atoms with E-state index in [0.717, 1.165) is 24.5 Å². The minimum atomic E-state index is -0.652. The molecule has 9 heteroatoms. The number of carbonyl (C=O) groups excluding carboxylic acids is 2. The van der Waals surface area contributed by atoms with Crippen molar-refractivity contribution in [3.8, 4) is 11.4 Å². The molecule has 4 rings (SSSR count). The maximum Gasteiger partial charge on any atom is 0.251 e. The Labute approximate surface area is 183 Å². The Morgan fingerprint density at radius 2 is 1.87 bits per heavy atom. The molecule has 1 aliphatic rings. The van der Waals surface area contributed by atoms with Gasteiger partial charge in [0.05, 0.1) is 12.2 Å². The molecular formula is C22H20ClFN4O3. The van der Waals surface area contributed by atoms with Crippen molar-refractivity contribution in [2.45, 2.75) is 31.6 Å². The van der Waals surface area contributed by atoms with Gasteiger partial charge < -0.3 is 15.2 Å². The molecule has 1 saturated carbocycles. The summed E-state index contributed by atoms with van der Waals surface area (Å²) in [6, 6.07) is 10.6. The molecule has 160 valence electrons. The van der Waals surface area contributed by atoms with Gasteiger partial charge in [-0.15, -0.1) is 0 Å². The number of benzene rings is 2. The lowest BCUT2D eigenvalue weighted by atomic mass is 10.1. The van der Waals surface area contributed by atoms with Crippen LogP contribution in [0.3, 0.4) is 0 Å². The summed E-state index contributed by atoms with van der Waals surface area (Å²) in [5.41, 5.74) is 1.10. The van der Waals surface area contributed by atoms with Gasteiger partial charge >= 0.3 is 0 Å². The van der Waals surface area contributed by atoms with Crippen molar-refractivity contribution < 1.29 is 18.5 Å². The van der Waals surface area contributed by atoms with Gasteiger partial charge in [0.25, 0.3) is 5.91 Å². The highest BCUT2D eigenvalue weighted by Gasteiger charge is 2.23. The summed E-state index contributed by atoms with van der Waals surface area (Å²) in [6.45, 7) is -0.307. The average molecular weight is 443 g/mol. The number of carbonyl (C=O) groups is 2. The van der Waals surface area contributed by atoms with Crippen LogP contribution in [0.25, 0.3) is 11.4 Å². The van der Waals surface area contributed by atoms with Crippen LogP contribution in [0.4, 0.5) is 10.1 Å². The highest BCUT2D eigenvalue weighted by molar-refractivity contribution is 6.30. The van der Waals surface area contributed by atoms with Gasteiger partial charge in [-0.3, -0.25) is 9.59 Å². The molecule has 0 radical (unpaired) electrons. The van der Waals surface area contributed by atoms with E-state index in [0.29, 0.717) is 23.2 Å². The fourth-order valence-electron chi connectivity index (χ4n) is 3.51. The molecule has 0 spiro atoms. The van der Waals surface area contributed by atoms with Crippen molar-refractivity contribution in [1.29, 1.82) is 0 Å². The highest BCUT2D eigenvalue weighted by atomic mass is 35.5. The van der Waals surface area contributed by atoms with Crippen LogP contribution in [-0.4, -0.2) is 28.5 Å². The quantitative estimate of drug-likeness (QED) is 0.583. The molecule has 3 aromatic rings. The summed E-state index contributed by atoms with van der Waals surface area (Å²) in [6.07, 6.45) is 4.50. The van der Waals surface area contributed by atoms with Crippen molar-refractivity contribution in [1.82, 2.24) is 15.5 Å². The Kier molecular flexibility index (Phi) is 6.27. The first-order valence-electron chi connectivity index (χ1n) is 9.97. The number of rotatable bonds is 6. The lowest BCUT2D eigenvalue weighted by molar-refractivity contribution is -0.115. The molecule has 0 bridgehead atoms. The molecule has 7 nitrogen and oxygen atoms in total. The van der Waals surface area contributed by atoms with Crippen LogP contribution in [-0.2, 0) is 4.79 Å². The molecule has 2 aromatic carbocycles. The van der Waals surface area contributed by atoms with Gasteiger partial charge in [0.2, 0.25) is 17.6 Å². The molecule has 0 atom stereocenters. The molecule has 0 saturated heterocycles. The van der Waals surface area contributed by atoms with Gasteiger partial charge in [-0.05, 0) is 43.2 Å². The van der Waals surface area contributed by atoms with Crippen LogP contribution in [0.5, 0.6) is 0 Å². The van der Waals surface area contributed by atoms with Gasteiger partial charge in [-0.25, -0.2) is 4.39 Å². The molecule has 31 heavy (non-hydrogen) atoms. The Balaban J connectivity index is 1.32. The zero-order chi connectivity index (χ0) is 21.8. The first kappa shape index (κ1) is 21.0. The zero-order valence-electron chi connectivity index (χ0n) is 16.5. The number of aromatic nitrogens is 2. The first-order valence-corrected chi connectivity index (χ1v) is 10.3. The van der Waals surface area contributed by atoms with E-state index in [1.54, 1.807) is 24.3 Å². The first-order chi connectivity index (χ1) is 15.0. The fraction of sp³-hybridized carbons (Fsp3) is 0.273. The fourth-order valence-corrected chi connectivity index (χ4v) is 3.67. The Bertz CT molecular complexity index is 1090. The van der Waals surface area contributed by atoms with Crippen LogP contribution in [0.2, 0.25) is 5.02 Å². The molecule has 2 N–H and O–H groups in total. The number of anilines is 1. The van der Waals surface area contributed by atoms with Crippen molar-refractivity contribution in [3.05, 3.63) is 64.8 Å². The smallest absolute Gasteiger partial charge is 0.251 e. The second kappa shape index (κ2) is 9.26. The molecule has 1 fully saturated rings. The van der Waals surface area contributed by atoms with Crippen LogP contribution in [0.15, 0.2) is 47.0 Å². The van der Waals surface area contributed by atoms with E-state index in [2.05, 4.69) is 20.8 Å². The standard InChI is InChI=1S/C22H20ClFN4O3/c23-16-9-10-18(17(24)11-16)26-19(29)12-25-21(30)14-7-5-13(6-8-14)20-27-22(31-28-20)15-3-1-2-4-15/h5-11,15H,1-4,12H2,(H,25,30)(H,26,29). The van der Waals surface area contributed by atoms with Crippen LogP contribution in [0.1, 0.15) is 47.8 Å². The number of hydrogen-bond donors (Lipinski definition) is 2. The van der Waals surface area contributed by atoms with Gasteiger partial charge in [0.1, 0.15) is 5.82 Å². The molecule has 1 aliphatic carbocycles. The molecule has 1 heterocycles. The minimum Gasteiger partial charge on any atom is -0.343 e. The van der Waals surface area contributed by atoms with Crippen LogP contribution in [0, 0.1) is 5.82 Å². The van der Waals surface area contributed by atoms with Gasteiger partial charge in [0.15, 0.2) is 0 Å². The minimum absolute atomic E-state index is 0.00918. The third-order valence-corrected chi connectivity index (χ3v) is 5.40. The predicted molar refractivity (Wildman–Crippen MR) is 113 cm³/mol. The highest BCUT2D eigenvalue weighted by Crippen LogP contribution is 2.33. The van der Waals surface area contributed by atoms with Crippen LogP contribution >= 0.6 is 11.6 Å². The maximum atomic E-state index is 13.7. The molecular weight excluding hydrogens is 423 g/mol. The van der Waals surface area contributed by atoms with Gasteiger partial charge in [0, 0.05) is 22.1 Å². The van der Waals surface area contributed by atoms with Crippen molar-refractivity contribution in [3.63, 3.8) is 0 Å². The second-order valence-corrected chi connectivity index (χ2v) is 7.81. The Morgan fingerprint density at radius 3 is 2.58 bits per heavy atom. The van der Waals surface area contributed by atoms with Gasteiger partial charge in [-0.1, -0.05) is 41.7 Å². The number of halogens is 2. The van der Waals surface area contributed by atoms with E-state index >= 15 is 0 Å². The topological polar surface area (TPSA) is 97.1 Å². The lowest BCUT2D eigenvalue weighted by Gasteiger charge is -2.08. The summed E-state index contributed by atoms with van der Waals surface area (Å²) < 4.78 is 19.1. The largest absolute Gasteiger partial charge is 0.343 e. The zero-order valence-corrected chi connectivity index (χ0v) is 17.3. The van der Waals surface area contributed by atoms with E-state index in [1.165, 1.54) is 25.0 Å². The summed E-state index contributed by atoms with van der Waals surface area (Å²) in [5, 5.41) is 9.15. The molecule has 1 aromatic heterocycles. The van der Waals surface area contributed by atoms with Crippen LogP contribution < -0.4 is 10.6 Å². The third-order valence-electron chi connectivity index (χ3n) is 5.17. The number of nitrogens with zero attached hydrogens (tertiary/aromatic N) is 2. The second-order valence-electron chi connectivity index (χ2n) is 7.37. The van der Waals surface area contributed by atoms with Crippen molar-refractivity contribution in [2.75, 3.05) is 11.9 Å². The SMILES string of the molecule is O=C(CNC(=O)c1ccc(-c2noc(C3CCCC3)n2)cc1)Nc1ccc(Cl)cc1F. The van der Waals surface area contributed by atoms with E-state index in [4.69, 9.17) is 16.1 Å². The van der Waals surface area contributed by atoms with E-state index in [9.17, 15) is 14.0 Å². The van der Waals surface area contributed by atoms with E-state index in [1.807, 2.05) is 0 Å². The molecule has 0 aliphatic heterocycles. The van der Waals surface area contributed by atoms with Gasteiger partial charge in [-0.2, -0.15) is 4.98 Å². The Hall–Kier alpha value is -3.26. The summed E-state index contributed by atoms with van der Waals surface area (Å²) >= 11 is 5.68. The molecule has 2 amide bonds. The summed E-state index contributed by atoms with van der Waals surface area (Å²) in [5.74, 6) is -0.162. The predicted octanol–water partition coefficient (Wildman–Crippen LogP) is 4.56. The Morgan fingerprint density at radius 1 is 1.13 bits per heavy atom. The lowest BCUT2D eigenvalue weighted by Crippen LogP contribution is -2.33. The van der Waals surface area contributed by atoms with E-state index < -0.39 is 17.6 Å². The van der Waals surface area contributed by atoms with Crippen molar-refractivity contribution in [2.24, 2.45) is 0 Å². The number of hydrogen-bond acceptors (Lipinski definition) is 5. The van der Waals surface area contributed by atoms with Crippen molar-refractivity contribution >= 4 is 29.1 Å². The monoisotopic (exact) mass is 442 g/mol. The molecule has 0 unspecified atom stereocenters. The third kappa shape index (κ3) is 5.08. The summed E-state index contributed by atoms with van der Waals surface area (Å²) in [4.78, 5) is 28.8. The normalized spacial score (nSPS) is 13.9. The summed E-state index contributed by atoms with van der Waals surface area (Å²) in [7, 11) is 0. The number of amides is 2. The average Bonchev–Trinajstić information content (AvgIpc) is 3.46. The number of nitrogens with one attached hydrogen (secondary N) is 2. The van der Waals surface area contributed by atoms with E-state index in [-0.39, 0.29) is 17.3 Å².